The van der Waals surface area contributed by atoms with E-state index in [0.717, 1.165) is 35.7 Å². The van der Waals surface area contributed by atoms with Gasteiger partial charge in [0.05, 0.1) is 23.0 Å². The number of likely N-dealkylation sites (tertiary alicyclic amines) is 1. The molecule has 1 aliphatic heterocycles. The van der Waals surface area contributed by atoms with Gasteiger partial charge in [-0.1, -0.05) is 12.1 Å². The molecule has 1 aliphatic rings. The highest BCUT2D eigenvalue weighted by Crippen LogP contribution is 2.31. The maximum absolute atomic E-state index is 10.9. The molecule has 1 saturated heterocycles. The van der Waals surface area contributed by atoms with Gasteiger partial charge in [-0.2, -0.15) is 0 Å². The molecule has 1 aromatic carbocycles. The molecule has 0 spiro atoms. The number of aryl methyl sites for hydroxylation is 1. The molecule has 5 heteroatoms. The highest BCUT2D eigenvalue weighted by Gasteiger charge is 2.24. The van der Waals surface area contributed by atoms with Crippen LogP contribution in [0.25, 0.3) is 11.3 Å². The first-order valence-electron chi connectivity index (χ1n) is 7.44. The predicted octanol–water partition coefficient (Wildman–Crippen LogP) is 2.92. The van der Waals surface area contributed by atoms with Crippen LogP contribution in [0, 0.1) is 6.92 Å². The van der Waals surface area contributed by atoms with E-state index in [1.807, 2.05) is 13.0 Å². The Morgan fingerprint density at radius 2 is 2.00 bits per heavy atom. The molecule has 0 radical (unpaired) electrons. The van der Waals surface area contributed by atoms with E-state index in [1.54, 1.807) is 24.3 Å². The van der Waals surface area contributed by atoms with Crippen LogP contribution in [0.1, 0.15) is 40.8 Å². The van der Waals surface area contributed by atoms with Crippen LogP contribution in [0.15, 0.2) is 30.3 Å². The number of carboxylic acid groups (broad SMARTS) is 1. The molecule has 0 saturated carbocycles. The van der Waals surface area contributed by atoms with E-state index in [0.29, 0.717) is 6.04 Å². The maximum Gasteiger partial charge on any atom is 0.335 e. The van der Waals surface area contributed by atoms with Crippen LogP contribution in [0.5, 0.6) is 0 Å². The highest BCUT2D eigenvalue weighted by atomic mass is 16.4. The van der Waals surface area contributed by atoms with Gasteiger partial charge in [0.15, 0.2) is 0 Å². The third kappa shape index (κ3) is 2.85. The van der Waals surface area contributed by atoms with Crippen LogP contribution < -0.4 is 0 Å². The van der Waals surface area contributed by atoms with E-state index in [1.165, 1.54) is 6.42 Å². The zero-order valence-electron chi connectivity index (χ0n) is 12.8. The fourth-order valence-electron chi connectivity index (χ4n) is 2.98. The largest absolute Gasteiger partial charge is 0.478 e. The van der Waals surface area contributed by atoms with Crippen LogP contribution in [-0.4, -0.2) is 39.5 Å². The summed E-state index contributed by atoms with van der Waals surface area (Å²) in [7, 11) is 2.12. The number of carboxylic acids is 1. The fourth-order valence-corrected chi connectivity index (χ4v) is 2.98. The Hall–Kier alpha value is -2.27. The quantitative estimate of drug-likeness (QED) is 0.943. The monoisotopic (exact) mass is 297 g/mol. The van der Waals surface area contributed by atoms with E-state index < -0.39 is 5.97 Å². The topological polar surface area (TPSA) is 66.3 Å². The van der Waals surface area contributed by atoms with Crippen molar-refractivity contribution in [2.24, 2.45) is 0 Å². The average Bonchev–Trinajstić information content (AvgIpc) is 2.93. The van der Waals surface area contributed by atoms with Crippen molar-refractivity contribution >= 4 is 5.97 Å². The van der Waals surface area contributed by atoms with Crippen LogP contribution in [0.4, 0.5) is 0 Å². The minimum absolute atomic E-state index is 0.283. The Morgan fingerprint density at radius 1 is 1.27 bits per heavy atom. The molecule has 2 heterocycles. The second-order valence-electron chi connectivity index (χ2n) is 5.75. The molecule has 0 bridgehead atoms. The molecule has 0 aliphatic carbocycles. The summed E-state index contributed by atoms with van der Waals surface area (Å²) in [5.41, 5.74) is 3.09. The number of rotatable bonds is 3. The summed E-state index contributed by atoms with van der Waals surface area (Å²) in [6.07, 6.45) is 2.30. The van der Waals surface area contributed by atoms with Gasteiger partial charge in [-0.05, 0) is 51.6 Å². The Kier molecular flexibility index (Phi) is 3.90. The molecule has 2 aromatic rings. The van der Waals surface area contributed by atoms with Crippen molar-refractivity contribution in [1.29, 1.82) is 0 Å². The molecular weight excluding hydrogens is 278 g/mol. The van der Waals surface area contributed by atoms with Crippen LogP contribution in [-0.2, 0) is 0 Å². The lowest BCUT2D eigenvalue weighted by Crippen LogP contribution is -2.19. The number of aromatic nitrogens is 2. The van der Waals surface area contributed by atoms with Gasteiger partial charge < -0.3 is 5.11 Å². The summed E-state index contributed by atoms with van der Waals surface area (Å²) in [6.45, 7) is 2.99. The summed E-state index contributed by atoms with van der Waals surface area (Å²) < 4.78 is 0. The van der Waals surface area contributed by atoms with E-state index in [9.17, 15) is 4.79 Å². The van der Waals surface area contributed by atoms with Crippen LogP contribution >= 0.6 is 0 Å². The lowest BCUT2D eigenvalue weighted by atomic mass is 10.1. The van der Waals surface area contributed by atoms with Gasteiger partial charge in [-0.3, -0.25) is 4.90 Å². The zero-order chi connectivity index (χ0) is 15.7. The summed E-state index contributed by atoms with van der Waals surface area (Å²) in [5, 5.41) is 8.98. The molecule has 3 rings (SSSR count). The lowest BCUT2D eigenvalue weighted by Gasteiger charge is -2.19. The standard InChI is InChI=1S/C17H19N3O2/c1-11-18-14(12-5-7-13(8-6-12)17(21)22)10-15(19-11)16-4-3-9-20(16)2/h5-8,10,16H,3-4,9H2,1-2H3,(H,21,22). The van der Waals surface area contributed by atoms with Crippen molar-refractivity contribution in [3.8, 4) is 11.3 Å². The first kappa shape index (κ1) is 14.7. The smallest absolute Gasteiger partial charge is 0.335 e. The maximum atomic E-state index is 10.9. The lowest BCUT2D eigenvalue weighted by molar-refractivity contribution is 0.0697. The van der Waals surface area contributed by atoms with Gasteiger partial charge in [0, 0.05) is 5.56 Å². The first-order valence-corrected chi connectivity index (χ1v) is 7.44. The van der Waals surface area contributed by atoms with Gasteiger partial charge in [-0.25, -0.2) is 14.8 Å². The SMILES string of the molecule is Cc1nc(-c2ccc(C(=O)O)cc2)cc(C2CCCN2C)n1. The van der Waals surface area contributed by atoms with Crippen molar-refractivity contribution in [2.45, 2.75) is 25.8 Å². The van der Waals surface area contributed by atoms with E-state index in [-0.39, 0.29) is 5.56 Å². The van der Waals surface area contributed by atoms with Crippen LogP contribution in [0.3, 0.4) is 0 Å². The van der Waals surface area contributed by atoms with E-state index in [4.69, 9.17) is 5.11 Å². The predicted molar refractivity (Wildman–Crippen MR) is 83.8 cm³/mol. The summed E-state index contributed by atoms with van der Waals surface area (Å²) in [5.74, 6) is -0.172. The Labute approximate surface area is 129 Å². The molecule has 1 N–H and O–H groups in total. The van der Waals surface area contributed by atoms with Gasteiger partial charge in [0.25, 0.3) is 0 Å². The third-order valence-corrected chi connectivity index (χ3v) is 4.15. The minimum atomic E-state index is -0.918. The number of benzene rings is 1. The summed E-state index contributed by atoms with van der Waals surface area (Å²) in [4.78, 5) is 22.3. The van der Waals surface area contributed by atoms with Gasteiger partial charge in [0.1, 0.15) is 5.82 Å². The third-order valence-electron chi connectivity index (χ3n) is 4.15. The van der Waals surface area contributed by atoms with Crippen molar-refractivity contribution in [3.63, 3.8) is 0 Å². The molecule has 1 fully saturated rings. The first-order chi connectivity index (χ1) is 10.5. The average molecular weight is 297 g/mol. The Bertz CT molecular complexity index is 698. The normalized spacial score (nSPS) is 18.5. The molecule has 1 atom stereocenters. The number of aromatic carboxylic acids is 1. The zero-order valence-corrected chi connectivity index (χ0v) is 12.8. The molecular formula is C17H19N3O2. The molecule has 114 valence electrons. The summed E-state index contributed by atoms with van der Waals surface area (Å²) in [6, 6.07) is 9.18. The highest BCUT2D eigenvalue weighted by molar-refractivity contribution is 5.88. The molecule has 1 unspecified atom stereocenters. The van der Waals surface area contributed by atoms with Crippen molar-refractivity contribution in [1.82, 2.24) is 14.9 Å². The van der Waals surface area contributed by atoms with E-state index in [2.05, 4.69) is 21.9 Å². The van der Waals surface area contributed by atoms with Crippen molar-refractivity contribution < 1.29 is 9.90 Å². The second-order valence-corrected chi connectivity index (χ2v) is 5.75. The number of hydrogen-bond acceptors (Lipinski definition) is 4. The molecule has 1 aromatic heterocycles. The van der Waals surface area contributed by atoms with E-state index >= 15 is 0 Å². The Balaban J connectivity index is 1.96. The fraction of sp³-hybridized carbons (Fsp3) is 0.353. The number of carbonyl (C=O) groups is 1. The van der Waals surface area contributed by atoms with Gasteiger partial charge in [0.2, 0.25) is 0 Å². The Morgan fingerprint density at radius 3 is 2.59 bits per heavy atom. The number of nitrogens with zero attached hydrogens (tertiary/aromatic N) is 3. The molecule has 0 amide bonds. The minimum Gasteiger partial charge on any atom is -0.478 e. The molecule has 5 nitrogen and oxygen atoms in total. The summed E-state index contributed by atoms with van der Waals surface area (Å²) >= 11 is 0. The van der Waals surface area contributed by atoms with Gasteiger partial charge in [-0.15, -0.1) is 0 Å². The number of hydrogen-bond donors (Lipinski definition) is 1. The molecule has 22 heavy (non-hydrogen) atoms. The van der Waals surface area contributed by atoms with Gasteiger partial charge >= 0.3 is 5.97 Å². The second kappa shape index (κ2) is 5.85. The van der Waals surface area contributed by atoms with Crippen molar-refractivity contribution in [2.75, 3.05) is 13.6 Å². The van der Waals surface area contributed by atoms with Crippen molar-refractivity contribution in [3.05, 3.63) is 47.4 Å². The van der Waals surface area contributed by atoms with Crippen LogP contribution in [0.2, 0.25) is 0 Å².